The van der Waals surface area contributed by atoms with Gasteiger partial charge in [0.1, 0.15) is 0 Å². The van der Waals surface area contributed by atoms with Crippen molar-refractivity contribution in [2.45, 2.75) is 38.6 Å². The van der Waals surface area contributed by atoms with Crippen LogP contribution in [0.3, 0.4) is 0 Å². The molecule has 0 saturated heterocycles. The number of aliphatic hydroxyl groups excluding tert-OH is 1. The van der Waals surface area contributed by atoms with Gasteiger partial charge in [-0.15, -0.1) is 11.3 Å². The van der Waals surface area contributed by atoms with E-state index in [1.54, 1.807) is 0 Å². The summed E-state index contributed by atoms with van der Waals surface area (Å²) in [6.45, 7) is 2.23. The third-order valence-corrected chi connectivity index (χ3v) is 4.40. The first kappa shape index (κ1) is 17.4. The van der Waals surface area contributed by atoms with E-state index < -0.39 is 0 Å². The number of nitrogens with one attached hydrogen (secondary N) is 2. The van der Waals surface area contributed by atoms with Gasteiger partial charge in [0.2, 0.25) is 0 Å². The highest BCUT2D eigenvalue weighted by Gasteiger charge is 2.15. The number of nitrogens with zero attached hydrogens (tertiary/aromatic N) is 1. The Bertz CT molecular complexity index is 601. The Kier molecular flexibility index (Phi) is 7.03. The Hall–Kier alpha value is -1.92. The van der Waals surface area contributed by atoms with Crippen LogP contribution in [0.25, 0.3) is 0 Å². The third-order valence-electron chi connectivity index (χ3n) is 3.43. The van der Waals surface area contributed by atoms with E-state index in [2.05, 4.69) is 22.5 Å². The van der Waals surface area contributed by atoms with E-state index in [-0.39, 0.29) is 18.7 Å². The molecule has 0 aliphatic carbocycles. The molecule has 0 saturated carbocycles. The van der Waals surface area contributed by atoms with E-state index >= 15 is 0 Å². The van der Waals surface area contributed by atoms with Crippen LogP contribution in [0.4, 0.5) is 9.93 Å². The van der Waals surface area contributed by atoms with Gasteiger partial charge in [-0.05, 0) is 24.8 Å². The maximum atomic E-state index is 12.2. The number of aliphatic hydroxyl groups is 1. The van der Waals surface area contributed by atoms with Gasteiger partial charge in [-0.3, -0.25) is 5.32 Å². The average Bonchev–Trinajstić information content (AvgIpc) is 2.99. The molecule has 5 nitrogen and oxygen atoms in total. The minimum atomic E-state index is -0.269. The summed E-state index contributed by atoms with van der Waals surface area (Å²) in [4.78, 5) is 17.6. The lowest BCUT2D eigenvalue weighted by Gasteiger charge is -2.18. The normalized spacial score (nSPS) is 11.9. The minimum absolute atomic E-state index is 0.111. The highest BCUT2D eigenvalue weighted by atomic mass is 32.1. The Labute approximate surface area is 140 Å². The van der Waals surface area contributed by atoms with Crippen molar-refractivity contribution in [2.24, 2.45) is 0 Å². The standard InChI is InChI=1S/C17H23N3O2S/c1-2-7-14-12-18-17(23-14)20-16(22)19-15(10-6-11-21)13-8-4-3-5-9-13/h3-5,8-9,12,15,21H,2,6-7,10-11H2,1H3,(H2,18,19,20,22). The van der Waals surface area contributed by atoms with Crippen molar-refractivity contribution in [1.29, 1.82) is 0 Å². The second-order valence-electron chi connectivity index (χ2n) is 5.31. The Morgan fingerprint density at radius 1 is 1.35 bits per heavy atom. The lowest BCUT2D eigenvalue weighted by Crippen LogP contribution is -2.32. The molecule has 124 valence electrons. The number of benzene rings is 1. The molecule has 1 aromatic heterocycles. The molecule has 0 fully saturated rings. The van der Waals surface area contributed by atoms with Crippen LogP contribution in [0, 0.1) is 0 Å². The lowest BCUT2D eigenvalue weighted by molar-refractivity contribution is 0.244. The van der Waals surface area contributed by atoms with Gasteiger partial charge in [0.05, 0.1) is 6.04 Å². The largest absolute Gasteiger partial charge is 0.396 e. The Morgan fingerprint density at radius 3 is 2.83 bits per heavy atom. The fourth-order valence-corrected chi connectivity index (χ4v) is 3.23. The summed E-state index contributed by atoms with van der Waals surface area (Å²) in [5.74, 6) is 0. The number of amides is 2. The van der Waals surface area contributed by atoms with Gasteiger partial charge in [0, 0.05) is 17.7 Å². The first-order valence-corrected chi connectivity index (χ1v) is 8.72. The quantitative estimate of drug-likeness (QED) is 0.689. The molecule has 0 bridgehead atoms. The average molecular weight is 333 g/mol. The minimum Gasteiger partial charge on any atom is -0.396 e. The molecule has 23 heavy (non-hydrogen) atoms. The Morgan fingerprint density at radius 2 is 2.13 bits per heavy atom. The monoisotopic (exact) mass is 333 g/mol. The number of rotatable bonds is 8. The molecular weight excluding hydrogens is 310 g/mol. The van der Waals surface area contributed by atoms with E-state index in [1.165, 1.54) is 16.2 Å². The molecule has 2 aromatic rings. The van der Waals surface area contributed by atoms with E-state index in [1.807, 2.05) is 36.5 Å². The van der Waals surface area contributed by atoms with Crippen LogP contribution in [0.1, 0.15) is 42.7 Å². The number of thiazole rings is 1. The highest BCUT2D eigenvalue weighted by molar-refractivity contribution is 7.15. The van der Waals surface area contributed by atoms with Crippen molar-refractivity contribution in [2.75, 3.05) is 11.9 Å². The summed E-state index contributed by atoms with van der Waals surface area (Å²) in [6.07, 6.45) is 5.17. The zero-order chi connectivity index (χ0) is 16.5. The number of urea groups is 1. The van der Waals surface area contributed by atoms with Crippen molar-refractivity contribution in [3.05, 3.63) is 47.0 Å². The van der Waals surface area contributed by atoms with E-state index in [0.29, 0.717) is 18.0 Å². The molecule has 6 heteroatoms. The lowest BCUT2D eigenvalue weighted by atomic mass is 10.0. The molecule has 0 aliphatic rings. The molecule has 0 spiro atoms. The number of carbonyl (C=O) groups excluding carboxylic acids is 1. The molecule has 2 amide bonds. The van der Waals surface area contributed by atoms with Crippen LogP contribution in [-0.4, -0.2) is 22.7 Å². The van der Waals surface area contributed by atoms with E-state index in [9.17, 15) is 4.79 Å². The van der Waals surface area contributed by atoms with Crippen LogP contribution in [0.2, 0.25) is 0 Å². The predicted octanol–water partition coefficient (Wildman–Crippen LogP) is 3.73. The zero-order valence-electron chi connectivity index (χ0n) is 13.3. The summed E-state index contributed by atoms with van der Waals surface area (Å²) in [5.41, 5.74) is 1.03. The summed E-state index contributed by atoms with van der Waals surface area (Å²) >= 11 is 1.50. The van der Waals surface area contributed by atoms with Gasteiger partial charge in [0.15, 0.2) is 5.13 Å². The van der Waals surface area contributed by atoms with Gasteiger partial charge in [-0.1, -0.05) is 43.7 Å². The van der Waals surface area contributed by atoms with E-state index in [0.717, 1.165) is 18.4 Å². The fraction of sp³-hybridized carbons (Fsp3) is 0.412. The number of carbonyl (C=O) groups is 1. The molecule has 0 radical (unpaired) electrons. The molecule has 2 rings (SSSR count). The van der Waals surface area contributed by atoms with Crippen LogP contribution in [0.15, 0.2) is 36.5 Å². The summed E-state index contributed by atoms with van der Waals surface area (Å²) in [6, 6.07) is 9.39. The van der Waals surface area contributed by atoms with Crippen LogP contribution < -0.4 is 10.6 Å². The second kappa shape index (κ2) is 9.27. The first-order valence-electron chi connectivity index (χ1n) is 7.91. The van der Waals surface area contributed by atoms with Gasteiger partial charge in [0.25, 0.3) is 0 Å². The molecule has 1 atom stereocenters. The molecular formula is C17H23N3O2S. The third kappa shape index (κ3) is 5.65. The van der Waals surface area contributed by atoms with Crippen molar-refractivity contribution in [1.82, 2.24) is 10.3 Å². The molecule has 1 aromatic carbocycles. The topological polar surface area (TPSA) is 74.2 Å². The maximum Gasteiger partial charge on any atom is 0.321 e. The fourth-order valence-electron chi connectivity index (χ4n) is 2.32. The van der Waals surface area contributed by atoms with Gasteiger partial charge in [-0.2, -0.15) is 0 Å². The summed E-state index contributed by atoms with van der Waals surface area (Å²) in [7, 11) is 0. The van der Waals surface area contributed by atoms with E-state index in [4.69, 9.17) is 5.11 Å². The summed E-state index contributed by atoms with van der Waals surface area (Å²) < 4.78 is 0. The zero-order valence-corrected chi connectivity index (χ0v) is 14.1. The smallest absolute Gasteiger partial charge is 0.321 e. The molecule has 3 N–H and O–H groups in total. The SMILES string of the molecule is CCCc1cnc(NC(=O)NC(CCCO)c2ccccc2)s1. The molecule has 0 aliphatic heterocycles. The van der Waals surface area contributed by atoms with Crippen LogP contribution >= 0.6 is 11.3 Å². The second-order valence-corrected chi connectivity index (χ2v) is 6.42. The number of anilines is 1. The number of hydrogen-bond acceptors (Lipinski definition) is 4. The molecule has 1 heterocycles. The van der Waals surface area contributed by atoms with Crippen LogP contribution in [-0.2, 0) is 6.42 Å². The van der Waals surface area contributed by atoms with Gasteiger partial charge < -0.3 is 10.4 Å². The number of hydrogen-bond donors (Lipinski definition) is 3. The van der Waals surface area contributed by atoms with Crippen molar-refractivity contribution >= 4 is 22.5 Å². The predicted molar refractivity (Wildman–Crippen MR) is 93.8 cm³/mol. The molecule has 1 unspecified atom stereocenters. The van der Waals surface area contributed by atoms with Crippen molar-refractivity contribution < 1.29 is 9.90 Å². The van der Waals surface area contributed by atoms with Crippen molar-refractivity contribution in [3.63, 3.8) is 0 Å². The van der Waals surface area contributed by atoms with Gasteiger partial charge >= 0.3 is 6.03 Å². The van der Waals surface area contributed by atoms with Crippen LogP contribution in [0.5, 0.6) is 0 Å². The number of aryl methyl sites for hydroxylation is 1. The Balaban J connectivity index is 1.96. The summed E-state index contributed by atoms with van der Waals surface area (Å²) in [5, 5.41) is 15.4. The highest BCUT2D eigenvalue weighted by Crippen LogP contribution is 2.21. The first-order chi connectivity index (χ1) is 11.2. The maximum absolute atomic E-state index is 12.2. The number of aromatic nitrogens is 1. The van der Waals surface area contributed by atoms with Crippen molar-refractivity contribution in [3.8, 4) is 0 Å². The van der Waals surface area contributed by atoms with Gasteiger partial charge in [-0.25, -0.2) is 9.78 Å².